The highest BCUT2D eigenvalue weighted by Gasteiger charge is 2.14. The topological polar surface area (TPSA) is 72.3 Å². The van der Waals surface area contributed by atoms with Crippen LogP contribution < -0.4 is 5.32 Å². The average Bonchev–Trinajstić information content (AvgIpc) is 2.89. The van der Waals surface area contributed by atoms with Crippen molar-refractivity contribution in [3.63, 3.8) is 0 Å². The zero-order valence-electron chi connectivity index (χ0n) is 13.2. The maximum absolute atomic E-state index is 11.7. The number of carbonyl (C=O) groups is 1. The molecule has 0 spiro atoms. The average molecular weight is 315 g/mol. The van der Waals surface area contributed by atoms with Crippen LogP contribution in [-0.2, 0) is 11.3 Å². The molecule has 3 rings (SSSR count). The summed E-state index contributed by atoms with van der Waals surface area (Å²) in [6.45, 7) is 4.92. The minimum absolute atomic E-state index is 0.355. The third-order valence-corrected chi connectivity index (χ3v) is 3.95. The van der Waals surface area contributed by atoms with Crippen LogP contribution in [0.3, 0.4) is 0 Å². The highest BCUT2D eigenvalue weighted by Crippen LogP contribution is 2.14. The van der Waals surface area contributed by atoms with E-state index in [1.165, 1.54) is 7.11 Å². The number of hydrogen-bond acceptors (Lipinski definition) is 6. The molecule has 2 aromatic rings. The molecule has 1 aliphatic rings. The molecule has 1 aromatic heterocycles. The van der Waals surface area contributed by atoms with E-state index in [0.29, 0.717) is 5.56 Å². The van der Waals surface area contributed by atoms with Crippen molar-refractivity contribution in [3.05, 3.63) is 41.7 Å². The minimum Gasteiger partial charge on any atom is -0.465 e. The fraction of sp³-hybridized carbons (Fsp3) is 0.438. The van der Waals surface area contributed by atoms with Crippen molar-refractivity contribution in [1.82, 2.24) is 25.2 Å². The standard InChI is InChI=1S/C16H21N5O2/c1-23-16(22)13-4-2-5-14(10-13)21-15(11-18-19-21)12-20-8-3-6-17-7-9-20/h2,4-5,10-11,17H,3,6-9,12H2,1H3. The van der Waals surface area contributed by atoms with Crippen molar-refractivity contribution >= 4 is 5.97 Å². The van der Waals surface area contributed by atoms with Crippen LogP contribution in [-0.4, -0.2) is 59.2 Å². The second-order valence-electron chi connectivity index (χ2n) is 5.56. The Morgan fingerprint density at radius 2 is 2.26 bits per heavy atom. The molecule has 0 atom stereocenters. The number of hydrogen-bond donors (Lipinski definition) is 1. The van der Waals surface area contributed by atoms with Crippen LogP contribution in [0.2, 0.25) is 0 Å². The lowest BCUT2D eigenvalue weighted by Gasteiger charge is -2.19. The van der Waals surface area contributed by atoms with E-state index in [1.54, 1.807) is 23.0 Å². The first-order valence-corrected chi connectivity index (χ1v) is 7.79. The third-order valence-electron chi connectivity index (χ3n) is 3.95. The van der Waals surface area contributed by atoms with Crippen LogP contribution in [0, 0.1) is 0 Å². The molecular weight excluding hydrogens is 294 g/mol. The Hall–Kier alpha value is -2.25. The van der Waals surface area contributed by atoms with Crippen molar-refractivity contribution in [2.24, 2.45) is 0 Å². The van der Waals surface area contributed by atoms with E-state index in [2.05, 4.69) is 20.5 Å². The van der Waals surface area contributed by atoms with Gasteiger partial charge in [-0.1, -0.05) is 11.3 Å². The summed E-state index contributed by atoms with van der Waals surface area (Å²) < 4.78 is 6.56. The van der Waals surface area contributed by atoms with Crippen molar-refractivity contribution in [2.45, 2.75) is 13.0 Å². The van der Waals surface area contributed by atoms with Crippen LogP contribution >= 0.6 is 0 Å². The zero-order chi connectivity index (χ0) is 16.1. The molecule has 23 heavy (non-hydrogen) atoms. The smallest absolute Gasteiger partial charge is 0.337 e. The van der Waals surface area contributed by atoms with Gasteiger partial charge in [-0.25, -0.2) is 9.48 Å². The zero-order valence-corrected chi connectivity index (χ0v) is 13.2. The van der Waals surface area contributed by atoms with Crippen LogP contribution in [0.1, 0.15) is 22.5 Å². The van der Waals surface area contributed by atoms with Gasteiger partial charge < -0.3 is 10.1 Å². The number of aromatic nitrogens is 3. The second-order valence-corrected chi connectivity index (χ2v) is 5.56. The molecule has 2 heterocycles. The molecule has 0 aliphatic carbocycles. The molecule has 1 fully saturated rings. The molecule has 1 saturated heterocycles. The van der Waals surface area contributed by atoms with Gasteiger partial charge in [-0.2, -0.15) is 0 Å². The summed E-state index contributed by atoms with van der Waals surface area (Å²) >= 11 is 0. The quantitative estimate of drug-likeness (QED) is 0.843. The van der Waals surface area contributed by atoms with Crippen molar-refractivity contribution in [1.29, 1.82) is 0 Å². The first kappa shape index (κ1) is 15.6. The number of esters is 1. The molecule has 1 N–H and O–H groups in total. The van der Waals surface area contributed by atoms with E-state index in [1.807, 2.05) is 12.1 Å². The van der Waals surface area contributed by atoms with Crippen molar-refractivity contribution < 1.29 is 9.53 Å². The van der Waals surface area contributed by atoms with Gasteiger partial charge in [0.1, 0.15) is 0 Å². The molecule has 1 aromatic carbocycles. The maximum atomic E-state index is 11.7. The van der Waals surface area contributed by atoms with Gasteiger partial charge in [-0.15, -0.1) is 5.10 Å². The molecule has 0 amide bonds. The van der Waals surface area contributed by atoms with Gasteiger partial charge in [0.05, 0.1) is 30.3 Å². The molecular formula is C16H21N5O2. The molecule has 0 radical (unpaired) electrons. The lowest BCUT2D eigenvalue weighted by molar-refractivity contribution is 0.0600. The third kappa shape index (κ3) is 3.75. The summed E-state index contributed by atoms with van der Waals surface area (Å²) in [5.41, 5.74) is 2.33. The van der Waals surface area contributed by atoms with Gasteiger partial charge in [-0.05, 0) is 37.7 Å². The molecule has 0 unspecified atom stereocenters. The molecule has 0 bridgehead atoms. The fourth-order valence-corrected chi connectivity index (χ4v) is 2.75. The highest BCUT2D eigenvalue weighted by molar-refractivity contribution is 5.89. The Morgan fingerprint density at radius 3 is 3.13 bits per heavy atom. The summed E-state index contributed by atoms with van der Waals surface area (Å²) in [5, 5.41) is 11.6. The van der Waals surface area contributed by atoms with Gasteiger partial charge in [-0.3, -0.25) is 4.90 Å². The Bertz CT molecular complexity index is 662. The Labute approximate surface area is 135 Å². The van der Waals surface area contributed by atoms with Gasteiger partial charge in [0.25, 0.3) is 0 Å². The first-order chi connectivity index (χ1) is 11.3. The number of carbonyl (C=O) groups excluding carboxylic acids is 1. The van der Waals surface area contributed by atoms with Gasteiger partial charge >= 0.3 is 5.97 Å². The fourth-order valence-electron chi connectivity index (χ4n) is 2.75. The SMILES string of the molecule is COC(=O)c1cccc(-n2nncc2CN2CCCNCC2)c1. The predicted octanol–water partition coefficient (Wildman–Crippen LogP) is 0.849. The summed E-state index contributed by atoms with van der Waals surface area (Å²) in [6.07, 6.45) is 2.92. The predicted molar refractivity (Wildman–Crippen MR) is 85.5 cm³/mol. The van der Waals surface area contributed by atoms with Crippen LogP contribution in [0.25, 0.3) is 5.69 Å². The summed E-state index contributed by atoms with van der Waals surface area (Å²) in [6, 6.07) is 7.23. The maximum Gasteiger partial charge on any atom is 0.337 e. The van der Waals surface area contributed by atoms with E-state index >= 15 is 0 Å². The van der Waals surface area contributed by atoms with Gasteiger partial charge in [0.15, 0.2) is 0 Å². The number of nitrogens with zero attached hydrogens (tertiary/aromatic N) is 4. The van der Waals surface area contributed by atoms with E-state index in [4.69, 9.17) is 4.74 Å². The Kier molecular flexibility index (Phi) is 4.99. The first-order valence-electron chi connectivity index (χ1n) is 7.79. The van der Waals surface area contributed by atoms with E-state index in [0.717, 1.165) is 50.5 Å². The normalized spacial score (nSPS) is 16.0. The van der Waals surface area contributed by atoms with Crippen molar-refractivity contribution in [2.75, 3.05) is 33.3 Å². The molecule has 1 aliphatic heterocycles. The summed E-state index contributed by atoms with van der Waals surface area (Å²) in [4.78, 5) is 14.1. The molecule has 0 saturated carbocycles. The number of methoxy groups -OCH3 is 1. The van der Waals surface area contributed by atoms with Gasteiger partial charge in [0, 0.05) is 19.6 Å². The van der Waals surface area contributed by atoms with E-state index in [9.17, 15) is 4.79 Å². The minimum atomic E-state index is -0.355. The van der Waals surface area contributed by atoms with Crippen LogP contribution in [0.15, 0.2) is 30.5 Å². The lowest BCUT2D eigenvalue weighted by atomic mass is 10.2. The number of nitrogens with one attached hydrogen (secondary N) is 1. The van der Waals surface area contributed by atoms with Gasteiger partial charge in [0.2, 0.25) is 0 Å². The monoisotopic (exact) mass is 315 g/mol. The lowest BCUT2D eigenvalue weighted by Crippen LogP contribution is -2.28. The Morgan fingerprint density at radius 1 is 1.35 bits per heavy atom. The van der Waals surface area contributed by atoms with Crippen LogP contribution in [0.4, 0.5) is 0 Å². The number of benzene rings is 1. The second kappa shape index (κ2) is 7.34. The summed E-state index contributed by atoms with van der Waals surface area (Å²) in [7, 11) is 1.38. The van der Waals surface area contributed by atoms with E-state index < -0.39 is 0 Å². The molecule has 122 valence electrons. The van der Waals surface area contributed by atoms with Crippen molar-refractivity contribution in [3.8, 4) is 5.69 Å². The molecule has 7 heteroatoms. The Balaban J connectivity index is 1.81. The number of ether oxygens (including phenoxy) is 1. The summed E-state index contributed by atoms with van der Waals surface area (Å²) in [5.74, 6) is -0.355. The highest BCUT2D eigenvalue weighted by atomic mass is 16.5. The van der Waals surface area contributed by atoms with Crippen LogP contribution in [0.5, 0.6) is 0 Å². The number of rotatable bonds is 4. The van der Waals surface area contributed by atoms with E-state index in [-0.39, 0.29) is 5.97 Å². The molecule has 7 nitrogen and oxygen atoms in total. The largest absolute Gasteiger partial charge is 0.465 e.